The topological polar surface area (TPSA) is 35.1 Å². The van der Waals surface area contributed by atoms with Crippen molar-refractivity contribution in [2.24, 2.45) is 0 Å². The van der Waals surface area contributed by atoms with Crippen molar-refractivity contribution in [3.05, 3.63) is 71.6 Å². The Morgan fingerprint density at radius 1 is 1.04 bits per heavy atom. The summed E-state index contributed by atoms with van der Waals surface area (Å²) in [4.78, 5) is 1.20. The molecule has 0 aliphatic carbocycles. The van der Waals surface area contributed by atoms with Gasteiger partial charge < -0.3 is 4.90 Å². The summed E-state index contributed by atoms with van der Waals surface area (Å²) in [5.74, 6) is 0.692. The van der Waals surface area contributed by atoms with Gasteiger partial charge in [0.15, 0.2) is 11.0 Å². The summed E-state index contributed by atoms with van der Waals surface area (Å²) in [5.41, 5.74) is 1.40. The molecule has 0 amide bonds. The second kappa shape index (κ2) is 7.97. The van der Waals surface area contributed by atoms with Crippen molar-refractivity contribution in [1.82, 2.24) is 14.8 Å². The first kappa shape index (κ1) is 18.5. The Morgan fingerprint density at radius 2 is 1.73 bits per heavy atom. The molecule has 0 spiro atoms. The molecule has 0 saturated heterocycles. The molecule has 0 radical (unpaired) electrons. The lowest BCUT2D eigenvalue weighted by molar-refractivity contribution is -0.890. The van der Waals surface area contributed by atoms with Crippen LogP contribution in [0.4, 0.5) is 8.78 Å². The van der Waals surface area contributed by atoms with Gasteiger partial charge in [-0.3, -0.25) is 4.57 Å². The predicted molar refractivity (Wildman–Crippen MR) is 98.5 cm³/mol. The lowest BCUT2D eigenvalue weighted by Gasteiger charge is -2.18. The third-order valence-electron chi connectivity index (χ3n) is 4.31. The van der Waals surface area contributed by atoms with Crippen molar-refractivity contribution in [3.63, 3.8) is 0 Å². The third kappa shape index (κ3) is 3.94. The molecule has 26 heavy (non-hydrogen) atoms. The van der Waals surface area contributed by atoms with E-state index in [4.69, 9.17) is 0 Å². The van der Waals surface area contributed by atoms with Crippen LogP contribution in [-0.2, 0) is 5.75 Å². The smallest absolute Gasteiger partial charge is 0.196 e. The van der Waals surface area contributed by atoms with Gasteiger partial charge in [0, 0.05) is 11.4 Å². The summed E-state index contributed by atoms with van der Waals surface area (Å²) in [7, 11) is 4.08. The van der Waals surface area contributed by atoms with Gasteiger partial charge in [-0.25, -0.2) is 8.78 Å². The monoisotopic (exact) mass is 375 g/mol. The molecule has 1 heterocycles. The summed E-state index contributed by atoms with van der Waals surface area (Å²) in [6.07, 6.45) is 0. The Hall–Kier alpha value is -2.25. The minimum atomic E-state index is -0.296. The van der Waals surface area contributed by atoms with Crippen LogP contribution >= 0.6 is 11.8 Å². The second-order valence-electron chi connectivity index (χ2n) is 6.33. The zero-order valence-electron chi connectivity index (χ0n) is 14.9. The zero-order chi connectivity index (χ0) is 18.7. The maximum Gasteiger partial charge on any atom is 0.196 e. The molecule has 0 unspecified atom stereocenters. The molecule has 0 aliphatic rings. The molecule has 0 bridgehead atoms. The molecule has 7 heteroatoms. The number of quaternary nitrogens is 1. The standard InChI is InChI=1S/C19H20F2N4S/c1-13(24(2)3)18-22-23-19(25(18)16-10-8-15(20)9-11-16)26-12-14-6-4-5-7-17(14)21/h4-11,13H,12H2,1-3H3/p+1/t13-/m1/s1. The highest BCUT2D eigenvalue weighted by atomic mass is 32.2. The summed E-state index contributed by atoms with van der Waals surface area (Å²) in [6.45, 7) is 2.06. The number of hydrogen-bond donors (Lipinski definition) is 1. The fourth-order valence-corrected chi connectivity index (χ4v) is 3.45. The molecule has 1 N–H and O–H groups in total. The minimum Gasteiger partial charge on any atom is -0.331 e. The number of nitrogens with one attached hydrogen (secondary N) is 1. The van der Waals surface area contributed by atoms with Crippen LogP contribution in [0.15, 0.2) is 53.7 Å². The molecule has 0 saturated carbocycles. The van der Waals surface area contributed by atoms with Crippen molar-refractivity contribution in [2.45, 2.75) is 23.9 Å². The molecular formula is C19H21F2N4S+. The Bertz CT molecular complexity index is 878. The van der Waals surface area contributed by atoms with Crippen molar-refractivity contribution < 1.29 is 13.7 Å². The van der Waals surface area contributed by atoms with Gasteiger partial charge in [0.05, 0.1) is 14.1 Å². The van der Waals surface area contributed by atoms with Crippen LogP contribution in [0.2, 0.25) is 0 Å². The van der Waals surface area contributed by atoms with E-state index in [1.54, 1.807) is 24.3 Å². The predicted octanol–water partition coefficient (Wildman–Crippen LogP) is 3.04. The number of rotatable bonds is 6. The highest BCUT2D eigenvalue weighted by Crippen LogP contribution is 2.27. The first-order valence-electron chi connectivity index (χ1n) is 8.35. The average molecular weight is 375 g/mol. The number of aromatic nitrogens is 3. The summed E-state index contributed by atoms with van der Waals surface area (Å²) < 4.78 is 29.2. The molecule has 136 valence electrons. The Morgan fingerprint density at radius 3 is 2.38 bits per heavy atom. The van der Waals surface area contributed by atoms with Gasteiger partial charge in [0.1, 0.15) is 17.7 Å². The van der Waals surface area contributed by atoms with E-state index in [0.29, 0.717) is 16.5 Å². The van der Waals surface area contributed by atoms with Crippen LogP contribution in [-0.4, -0.2) is 28.9 Å². The van der Waals surface area contributed by atoms with Crippen LogP contribution in [0.3, 0.4) is 0 Å². The van der Waals surface area contributed by atoms with Crippen molar-refractivity contribution in [3.8, 4) is 5.69 Å². The SMILES string of the molecule is C[C@H](c1nnc(SCc2ccccc2F)n1-c1ccc(F)cc1)[NH+](C)C. The van der Waals surface area contributed by atoms with Gasteiger partial charge in [-0.15, -0.1) is 10.2 Å². The number of benzene rings is 2. The van der Waals surface area contributed by atoms with Crippen LogP contribution in [0.5, 0.6) is 0 Å². The highest BCUT2D eigenvalue weighted by molar-refractivity contribution is 7.98. The summed E-state index contributed by atoms with van der Waals surface area (Å²) in [6, 6.07) is 13.0. The number of nitrogens with zero attached hydrogens (tertiary/aromatic N) is 3. The largest absolute Gasteiger partial charge is 0.331 e. The van der Waals surface area contributed by atoms with Crippen molar-refractivity contribution in [2.75, 3.05) is 14.1 Å². The van der Waals surface area contributed by atoms with Crippen LogP contribution in [0.25, 0.3) is 5.69 Å². The van der Waals surface area contributed by atoms with Gasteiger partial charge >= 0.3 is 0 Å². The molecule has 3 aromatic rings. The normalized spacial score (nSPS) is 12.5. The first-order valence-corrected chi connectivity index (χ1v) is 9.33. The number of thioether (sulfide) groups is 1. The zero-order valence-corrected chi connectivity index (χ0v) is 15.7. The van der Waals surface area contributed by atoms with Gasteiger partial charge in [0.2, 0.25) is 0 Å². The van der Waals surface area contributed by atoms with Crippen LogP contribution in [0.1, 0.15) is 24.4 Å². The van der Waals surface area contributed by atoms with Crippen LogP contribution < -0.4 is 4.90 Å². The summed E-state index contributed by atoms with van der Waals surface area (Å²) in [5, 5.41) is 9.32. The van der Waals surface area contributed by atoms with Crippen LogP contribution in [0, 0.1) is 11.6 Å². The molecule has 1 aromatic heterocycles. The average Bonchev–Trinajstić information content (AvgIpc) is 3.04. The Balaban J connectivity index is 1.97. The quantitative estimate of drug-likeness (QED) is 0.673. The lowest BCUT2D eigenvalue weighted by Crippen LogP contribution is -3.05. The molecule has 3 rings (SSSR count). The third-order valence-corrected chi connectivity index (χ3v) is 5.29. The van der Waals surface area contributed by atoms with Crippen molar-refractivity contribution >= 4 is 11.8 Å². The van der Waals surface area contributed by atoms with E-state index in [-0.39, 0.29) is 17.7 Å². The molecule has 1 atom stereocenters. The summed E-state index contributed by atoms with van der Waals surface area (Å²) >= 11 is 1.41. The van der Waals surface area contributed by atoms with E-state index in [9.17, 15) is 8.78 Å². The van der Waals surface area contributed by atoms with Gasteiger partial charge in [-0.05, 0) is 42.8 Å². The first-order chi connectivity index (χ1) is 12.5. The Labute approximate surface area is 155 Å². The maximum absolute atomic E-state index is 13.9. The molecular weight excluding hydrogens is 354 g/mol. The van der Waals surface area contributed by atoms with E-state index in [0.717, 1.165) is 11.5 Å². The fourth-order valence-electron chi connectivity index (χ4n) is 2.50. The van der Waals surface area contributed by atoms with Gasteiger partial charge in [-0.2, -0.15) is 0 Å². The molecule has 0 aliphatic heterocycles. The van der Waals surface area contributed by atoms with Gasteiger partial charge in [0.25, 0.3) is 0 Å². The van der Waals surface area contributed by atoms with Crippen molar-refractivity contribution in [1.29, 1.82) is 0 Å². The minimum absolute atomic E-state index is 0.0929. The van der Waals surface area contributed by atoms with Gasteiger partial charge in [-0.1, -0.05) is 30.0 Å². The maximum atomic E-state index is 13.9. The fraction of sp³-hybridized carbons (Fsp3) is 0.263. The second-order valence-corrected chi connectivity index (χ2v) is 7.27. The van der Waals surface area contributed by atoms with E-state index in [1.807, 2.05) is 24.7 Å². The molecule has 2 aromatic carbocycles. The molecule has 4 nitrogen and oxygen atoms in total. The number of hydrogen-bond acceptors (Lipinski definition) is 3. The highest BCUT2D eigenvalue weighted by Gasteiger charge is 2.23. The number of halogens is 2. The van der Waals surface area contributed by atoms with E-state index in [1.165, 1.54) is 34.9 Å². The Kier molecular flexibility index (Phi) is 5.68. The van der Waals surface area contributed by atoms with E-state index < -0.39 is 0 Å². The van der Waals surface area contributed by atoms with E-state index >= 15 is 0 Å². The molecule has 0 fully saturated rings. The lowest BCUT2D eigenvalue weighted by atomic mass is 10.2. The van der Waals surface area contributed by atoms with E-state index in [2.05, 4.69) is 17.1 Å².